The molecule has 0 bridgehead atoms. The van der Waals surface area contributed by atoms with Crippen molar-refractivity contribution in [3.63, 3.8) is 0 Å². The Balaban J connectivity index is 1.70. The number of hydrogen-bond acceptors (Lipinski definition) is 8. The Bertz CT molecular complexity index is 1890. The van der Waals surface area contributed by atoms with E-state index in [9.17, 15) is 9.59 Å². The van der Waals surface area contributed by atoms with E-state index in [1.807, 2.05) is 0 Å². The summed E-state index contributed by atoms with van der Waals surface area (Å²) in [7, 11) is 3.10. The third-order valence-corrected chi connectivity index (χ3v) is 8.75. The first-order chi connectivity index (χ1) is 19.7. The molecule has 0 spiro atoms. The molecule has 1 atom stereocenters. The smallest absolute Gasteiger partial charge is 0.338 e. The normalized spacial score (nSPS) is 15.0. The number of allylic oxidation sites excluding steroid dienone is 1. The minimum Gasteiger partial charge on any atom is -0.496 e. The summed E-state index contributed by atoms with van der Waals surface area (Å²) in [4.78, 5) is 32.2. The maximum absolute atomic E-state index is 14.0. The SMILES string of the molecule is CCOC(=O)C1=C(C)N=c2s/c(=C\c3cc(Br)c(OC)cc3OC)c(=O)n2[C@H]1c1ccc(-c2ccc(Cl)c(Cl)c2)o1. The van der Waals surface area contributed by atoms with Crippen molar-refractivity contribution >= 4 is 62.5 Å². The van der Waals surface area contributed by atoms with Crippen LogP contribution in [-0.4, -0.2) is 31.4 Å². The molecule has 212 valence electrons. The van der Waals surface area contributed by atoms with Crippen LogP contribution in [0, 0.1) is 0 Å². The highest BCUT2D eigenvalue weighted by atomic mass is 79.9. The van der Waals surface area contributed by atoms with E-state index in [-0.39, 0.29) is 17.7 Å². The Labute approximate surface area is 257 Å². The Kier molecular flexibility index (Phi) is 8.47. The molecule has 12 heteroatoms. The van der Waals surface area contributed by atoms with Crippen LogP contribution >= 0.6 is 50.5 Å². The van der Waals surface area contributed by atoms with Crippen LogP contribution in [0.15, 0.2) is 72.4 Å². The predicted octanol–water partition coefficient (Wildman–Crippen LogP) is 6.14. The van der Waals surface area contributed by atoms with Gasteiger partial charge in [-0.3, -0.25) is 9.36 Å². The van der Waals surface area contributed by atoms with Gasteiger partial charge >= 0.3 is 5.97 Å². The maximum Gasteiger partial charge on any atom is 0.338 e. The fourth-order valence-electron chi connectivity index (χ4n) is 4.50. The van der Waals surface area contributed by atoms with Gasteiger partial charge in [0.15, 0.2) is 4.80 Å². The summed E-state index contributed by atoms with van der Waals surface area (Å²) >= 11 is 17.0. The van der Waals surface area contributed by atoms with Crippen LogP contribution in [0.5, 0.6) is 11.5 Å². The Morgan fingerprint density at radius 2 is 1.88 bits per heavy atom. The van der Waals surface area contributed by atoms with Crippen molar-refractivity contribution in [2.24, 2.45) is 4.99 Å². The van der Waals surface area contributed by atoms with E-state index >= 15 is 0 Å². The zero-order valence-corrected chi connectivity index (χ0v) is 26.2. The fraction of sp³-hybridized carbons (Fsp3) is 0.207. The van der Waals surface area contributed by atoms with E-state index in [1.165, 1.54) is 15.9 Å². The molecule has 2 aromatic carbocycles. The number of methoxy groups -OCH3 is 2. The van der Waals surface area contributed by atoms with Crippen molar-refractivity contribution in [2.75, 3.05) is 20.8 Å². The maximum atomic E-state index is 14.0. The third-order valence-electron chi connectivity index (χ3n) is 6.41. The number of hydrogen-bond donors (Lipinski definition) is 0. The van der Waals surface area contributed by atoms with E-state index in [2.05, 4.69) is 20.9 Å². The molecule has 0 saturated heterocycles. The van der Waals surface area contributed by atoms with Gasteiger partial charge in [0.25, 0.3) is 5.56 Å². The molecule has 0 N–H and O–H groups in total. The number of benzene rings is 2. The van der Waals surface area contributed by atoms with Gasteiger partial charge in [0.05, 0.1) is 51.1 Å². The first-order valence-corrected chi connectivity index (χ1v) is 14.7. The zero-order chi connectivity index (χ0) is 29.4. The number of carbonyl (C=O) groups is 1. The number of furan rings is 1. The lowest BCUT2D eigenvalue weighted by molar-refractivity contribution is -0.139. The molecule has 0 unspecified atom stereocenters. The van der Waals surface area contributed by atoms with Crippen molar-refractivity contribution in [1.29, 1.82) is 0 Å². The van der Waals surface area contributed by atoms with Crippen LogP contribution in [0.1, 0.15) is 31.2 Å². The van der Waals surface area contributed by atoms with E-state index in [1.54, 1.807) is 76.6 Å². The van der Waals surface area contributed by atoms with Crippen LogP contribution in [-0.2, 0) is 9.53 Å². The van der Waals surface area contributed by atoms with Crippen LogP contribution < -0.4 is 24.4 Å². The van der Waals surface area contributed by atoms with Gasteiger partial charge in [0, 0.05) is 17.2 Å². The summed E-state index contributed by atoms with van der Waals surface area (Å²) in [6.45, 7) is 3.59. The minimum atomic E-state index is -0.909. The van der Waals surface area contributed by atoms with E-state index in [4.69, 9.17) is 41.8 Å². The second-order valence-electron chi connectivity index (χ2n) is 8.86. The van der Waals surface area contributed by atoms with Crippen molar-refractivity contribution in [3.05, 3.63) is 99.3 Å². The van der Waals surface area contributed by atoms with Crippen molar-refractivity contribution in [2.45, 2.75) is 19.9 Å². The molecule has 41 heavy (non-hydrogen) atoms. The zero-order valence-electron chi connectivity index (χ0n) is 22.3. The van der Waals surface area contributed by atoms with Gasteiger partial charge in [-0.05, 0) is 72.3 Å². The molecule has 3 heterocycles. The van der Waals surface area contributed by atoms with Crippen molar-refractivity contribution < 1.29 is 23.4 Å². The fourth-order valence-corrected chi connectivity index (χ4v) is 6.36. The quantitative estimate of drug-likeness (QED) is 0.218. The molecule has 0 amide bonds. The molecule has 8 nitrogen and oxygen atoms in total. The first kappa shape index (κ1) is 29.2. The molecule has 2 aromatic heterocycles. The summed E-state index contributed by atoms with van der Waals surface area (Å²) in [5.41, 5.74) is 1.63. The van der Waals surface area contributed by atoms with Crippen LogP contribution in [0.4, 0.5) is 0 Å². The second-order valence-corrected chi connectivity index (χ2v) is 11.5. The largest absolute Gasteiger partial charge is 0.496 e. The van der Waals surface area contributed by atoms with Crippen molar-refractivity contribution in [3.8, 4) is 22.8 Å². The highest BCUT2D eigenvalue weighted by Crippen LogP contribution is 2.36. The van der Waals surface area contributed by atoms with Gasteiger partial charge in [-0.15, -0.1) is 0 Å². The lowest BCUT2D eigenvalue weighted by Gasteiger charge is -2.22. The predicted molar refractivity (Wildman–Crippen MR) is 162 cm³/mol. The standard InChI is InChI=1S/C29H23BrCl2N2O6S/c1-5-39-28(36)25-14(2)33-29-34(26(25)21-9-8-20(40-21)15-6-7-18(31)19(32)11-15)27(35)24(41-29)12-16-10-17(30)23(38-4)13-22(16)37-3/h6-13,26H,5H2,1-4H3/b24-12-/t26-/m0/s1. The van der Waals surface area contributed by atoms with Crippen LogP contribution in [0.2, 0.25) is 10.0 Å². The Morgan fingerprint density at radius 1 is 1.12 bits per heavy atom. The molecule has 0 aliphatic carbocycles. The highest BCUT2D eigenvalue weighted by Gasteiger charge is 2.35. The van der Waals surface area contributed by atoms with E-state index in [0.717, 1.165) is 0 Å². The van der Waals surface area contributed by atoms with Gasteiger partial charge in [0.2, 0.25) is 0 Å². The van der Waals surface area contributed by atoms with Crippen molar-refractivity contribution in [1.82, 2.24) is 4.57 Å². The number of esters is 1. The number of rotatable bonds is 7. The number of nitrogens with zero attached hydrogens (tertiary/aromatic N) is 2. The van der Waals surface area contributed by atoms with E-state index < -0.39 is 12.0 Å². The molecule has 0 radical (unpaired) electrons. The molecular weight excluding hydrogens is 655 g/mol. The number of fused-ring (bicyclic) bond motifs is 1. The van der Waals surface area contributed by atoms with Gasteiger partial charge in [0.1, 0.15) is 29.1 Å². The topological polar surface area (TPSA) is 92.3 Å². The van der Waals surface area contributed by atoms with Crippen LogP contribution in [0.3, 0.4) is 0 Å². The number of carbonyl (C=O) groups excluding carboxylic acids is 1. The molecule has 4 aromatic rings. The Morgan fingerprint density at radius 3 is 2.56 bits per heavy atom. The summed E-state index contributed by atoms with van der Waals surface area (Å²) in [6.07, 6.45) is 1.72. The highest BCUT2D eigenvalue weighted by molar-refractivity contribution is 9.10. The van der Waals surface area contributed by atoms with Gasteiger partial charge in [-0.2, -0.15) is 0 Å². The Hall–Kier alpha value is -3.31. The molecule has 1 aliphatic heterocycles. The number of aromatic nitrogens is 1. The molecule has 0 fully saturated rings. The van der Waals surface area contributed by atoms with Gasteiger partial charge in [-0.1, -0.05) is 34.5 Å². The summed E-state index contributed by atoms with van der Waals surface area (Å²) < 4.78 is 25.0. The number of halogens is 3. The monoisotopic (exact) mass is 676 g/mol. The lowest BCUT2D eigenvalue weighted by Crippen LogP contribution is -2.39. The average Bonchev–Trinajstić information content (AvgIpc) is 3.55. The van der Waals surface area contributed by atoms with Gasteiger partial charge in [-0.25, -0.2) is 9.79 Å². The molecule has 5 rings (SSSR count). The summed E-state index contributed by atoms with van der Waals surface area (Å²) in [6, 6.07) is 11.2. The van der Waals surface area contributed by atoms with E-state index in [0.29, 0.717) is 63.7 Å². The second kappa shape index (κ2) is 11.9. The first-order valence-electron chi connectivity index (χ1n) is 12.3. The average molecular weight is 678 g/mol. The molecular formula is C29H23BrCl2N2O6S. The lowest BCUT2D eigenvalue weighted by atomic mass is 10.0. The number of ether oxygens (including phenoxy) is 3. The van der Waals surface area contributed by atoms with Crippen LogP contribution in [0.25, 0.3) is 17.4 Å². The molecule has 1 aliphatic rings. The minimum absolute atomic E-state index is 0.158. The van der Waals surface area contributed by atoms with Gasteiger partial charge < -0.3 is 18.6 Å². The summed E-state index contributed by atoms with van der Waals surface area (Å²) in [5, 5.41) is 0.789. The number of thiazole rings is 1. The summed E-state index contributed by atoms with van der Waals surface area (Å²) in [5.74, 6) is 1.38. The molecule has 0 saturated carbocycles. The third kappa shape index (κ3) is 5.49.